The van der Waals surface area contributed by atoms with Crippen molar-refractivity contribution in [3.05, 3.63) is 59.4 Å². The number of carbonyl (C=O) groups is 1. The number of imidazole rings is 1. The summed E-state index contributed by atoms with van der Waals surface area (Å²) in [5.74, 6) is 0.867. The summed E-state index contributed by atoms with van der Waals surface area (Å²) in [5.41, 5.74) is 3.80. The van der Waals surface area contributed by atoms with Crippen LogP contribution in [0.3, 0.4) is 0 Å². The van der Waals surface area contributed by atoms with Crippen molar-refractivity contribution in [1.82, 2.24) is 18.8 Å². The van der Waals surface area contributed by atoms with Crippen LogP contribution in [-0.4, -0.2) is 52.7 Å². The molecule has 7 nitrogen and oxygen atoms in total. The Morgan fingerprint density at radius 1 is 1.03 bits per heavy atom. The van der Waals surface area contributed by atoms with Gasteiger partial charge in [-0.1, -0.05) is 50.6 Å². The normalized spacial score (nSPS) is 11.9. The highest BCUT2D eigenvalue weighted by Gasteiger charge is 2.23. The second kappa shape index (κ2) is 11.1. The van der Waals surface area contributed by atoms with Gasteiger partial charge >= 0.3 is 0 Å². The van der Waals surface area contributed by atoms with Crippen molar-refractivity contribution in [1.29, 1.82) is 0 Å². The molecule has 1 amide bonds. The largest absolute Gasteiger partial charge is 0.338 e. The van der Waals surface area contributed by atoms with Gasteiger partial charge in [-0.25, -0.2) is 13.4 Å². The number of sulfonamides is 1. The number of carbonyl (C=O) groups excluding carboxylic acids is 1. The van der Waals surface area contributed by atoms with Crippen molar-refractivity contribution in [2.75, 3.05) is 19.6 Å². The van der Waals surface area contributed by atoms with Crippen molar-refractivity contribution in [3.8, 4) is 0 Å². The first-order valence-corrected chi connectivity index (χ1v) is 13.4. The molecule has 0 aliphatic heterocycles. The molecule has 0 aliphatic carbocycles. The standard InChI is InChI=1S/C26H36N4O3S/c1-6-17-29(19-21-11-9-20(4)10-12-21)26(31)16-15-25-27-23-18-22(13-14-24(23)28(25)5)34(32,33)30(7-2)8-3/h9-14,18H,6-8,15-17,19H2,1-5H3. The van der Waals surface area contributed by atoms with E-state index in [-0.39, 0.29) is 10.8 Å². The average Bonchev–Trinajstić information content (AvgIpc) is 3.14. The molecule has 184 valence electrons. The van der Waals surface area contributed by atoms with Gasteiger partial charge < -0.3 is 9.47 Å². The summed E-state index contributed by atoms with van der Waals surface area (Å²) in [6.07, 6.45) is 1.75. The van der Waals surface area contributed by atoms with Gasteiger partial charge in [-0.3, -0.25) is 4.79 Å². The molecule has 34 heavy (non-hydrogen) atoms. The van der Waals surface area contributed by atoms with E-state index in [1.807, 2.05) is 30.4 Å². The molecule has 0 N–H and O–H groups in total. The average molecular weight is 485 g/mol. The summed E-state index contributed by atoms with van der Waals surface area (Å²) in [4.78, 5) is 19.9. The van der Waals surface area contributed by atoms with Gasteiger partial charge in [-0.05, 0) is 37.1 Å². The van der Waals surface area contributed by atoms with Crippen LogP contribution in [0.25, 0.3) is 11.0 Å². The minimum Gasteiger partial charge on any atom is -0.338 e. The molecule has 0 spiro atoms. The molecule has 3 rings (SSSR count). The van der Waals surface area contributed by atoms with E-state index < -0.39 is 10.0 Å². The van der Waals surface area contributed by atoms with Crippen LogP contribution >= 0.6 is 0 Å². The van der Waals surface area contributed by atoms with Crippen LogP contribution in [0.4, 0.5) is 0 Å². The number of hydrogen-bond acceptors (Lipinski definition) is 4. The highest BCUT2D eigenvalue weighted by molar-refractivity contribution is 7.89. The van der Waals surface area contributed by atoms with Crippen LogP contribution in [-0.2, 0) is 34.8 Å². The minimum absolute atomic E-state index is 0.0966. The number of rotatable bonds is 11. The number of fused-ring (bicyclic) bond motifs is 1. The number of amides is 1. The maximum Gasteiger partial charge on any atom is 0.243 e. The summed E-state index contributed by atoms with van der Waals surface area (Å²) in [6, 6.07) is 13.3. The Morgan fingerprint density at radius 3 is 2.32 bits per heavy atom. The van der Waals surface area contributed by atoms with Gasteiger partial charge in [-0.2, -0.15) is 4.31 Å². The smallest absolute Gasteiger partial charge is 0.243 e. The van der Waals surface area contributed by atoms with E-state index in [4.69, 9.17) is 0 Å². The Labute approximate surface area is 203 Å². The zero-order chi connectivity index (χ0) is 24.9. The maximum atomic E-state index is 13.0. The zero-order valence-corrected chi connectivity index (χ0v) is 21.7. The molecule has 0 radical (unpaired) electrons. The molecule has 0 saturated carbocycles. The summed E-state index contributed by atoms with van der Waals surface area (Å²) in [5, 5.41) is 0. The summed E-state index contributed by atoms with van der Waals surface area (Å²) in [6.45, 7) is 9.94. The Balaban J connectivity index is 1.76. The quantitative estimate of drug-likeness (QED) is 0.407. The number of benzene rings is 2. The molecule has 1 heterocycles. The second-order valence-electron chi connectivity index (χ2n) is 8.63. The fraction of sp³-hybridized carbons (Fsp3) is 0.462. The maximum absolute atomic E-state index is 13.0. The molecule has 0 unspecified atom stereocenters. The molecule has 3 aromatic rings. The third-order valence-electron chi connectivity index (χ3n) is 6.19. The second-order valence-corrected chi connectivity index (χ2v) is 10.6. The number of hydrogen-bond donors (Lipinski definition) is 0. The van der Waals surface area contributed by atoms with Gasteiger partial charge in [0.2, 0.25) is 15.9 Å². The minimum atomic E-state index is -3.55. The van der Waals surface area contributed by atoms with E-state index in [9.17, 15) is 13.2 Å². The highest BCUT2D eigenvalue weighted by Crippen LogP contribution is 2.23. The zero-order valence-electron chi connectivity index (χ0n) is 20.9. The van der Waals surface area contributed by atoms with Gasteiger partial charge in [0, 0.05) is 46.1 Å². The van der Waals surface area contributed by atoms with E-state index in [2.05, 4.69) is 43.1 Å². The first kappa shape index (κ1) is 25.9. The molecule has 8 heteroatoms. The van der Waals surface area contributed by atoms with E-state index in [1.54, 1.807) is 18.2 Å². The van der Waals surface area contributed by atoms with Crippen LogP contribution in [0.15, 0.2) is 47.4 Å². The van der Waals surface area contributed by atoms with Crippen molar-refractivity contribution in [2.45, 2.75) is 58.4 Å². The third kappa shape index (κ3) is 5.67. The Kier molecular flexibility index (Phi) is 8.49. The van der Waals surface area contributed by atoms with Crippen molar-refractivity contribution < 1.29 is 13.2 Å². The lowest BCUT2D eigenvalue weighted by atomic mass is 10.1. The first-order chi connectivity index (χ1) is 16.2. The van der Waals surface area contributed by atoms with Gasteiger partial charge in [0.1, 0.15) is 5.82 Å². The molecule has 0 fully saturated rings. The SMILES string of the molecule is CCCN(Cc1ccc(C)cc1)C(=O)CCc1nc2cc(S(=O)(=O)N(CC)CC)ccc2n1C. The molecular formula is C26H36N4O3S. The summed E-state index contributed by atoms with van der Waals surface area (Å²) >= 11 is 0. The van der Waals surface area contributed by atoms with Gasteiger partial charge in [0.05, 0.1) is 15.9 Å². The number of aromatic nitrogens is 2. The van der Waals surface area contributed by atoms with Crippen LogP contribution in [0.5, 0.6) is 0 Å². The van der Waals surface area contributed by atoms with Gasteiger partial charge in [0.15, 0.2) is 0 Å². The van der Waals surface area contributed by atoms with Gasteiger partial charge in [0.25, 0.3) is 0 Å². The number of nitrogens with zero attached hydrogens (tertiary/aromatic N) is 4. The fourth-order valence-corrected chi connectivity index (χ4v) is 5.66. The lowest BCUT2D eigenvalue weighted by Crippen LogP contribution is -2.31. The van der Waals surface area contributed by atoms with Crippen molar-refractivity contribution in [2.24, 2.45) is 7.05 Å². The lowest BCUT2D eigenvalue weighted by Gasteiger charge is -2.22. The lowest BCUT2D eigenvalue weighted by molar-refractivity contribution is -0.131. The van der Waals surface area contributed by atoms with E-state index in [0.29, 0.717) is 44.5 Å². The Morgan fingerprint density at radius 2 is 1.71 bits per heavy atom. The van der Waals surface area contributed by atoms with Crippen LogP contribution < -0.4 is 0 Å². The predicted octanol–water partition coefficient (Wildman–Crippen LogP) is 4.28. The molecular weight excluding hydrogens is 448 g/mol. The topological polar surface area (TPSA) is 75.5 Å². The molecule has 0 atom stereocenters. The molecule has 0 aliphatic rings. The number of aryl methyl sites for hydroxylation is 3. The Bertz CT molecular complexity index is 1230. The Hall–Kier alpha value is -2.71. The van der Waals surface area contributed by atoms with E-state index >= 15 is 0 Å². The fourth-order valence-electron chi connectivity index (χ4n) is 4.18. The molecule has 0 bridgehead atoms. The van der Waals surface area contributed by atoms with E-state index in [1.165, 1.54) is 9.87 Å². The third-order valence-corrected chi connectivity index (χ3v) is 8.24. The summed E-state index contributed by atoms with van der Waals surface area (Å²) in [7, 11) is -1.64. The van der Waals surface area contributed by atoms with Crippen molar-refractivity contribution >= 4 is 27.0 Å². The van der Waals surface area contributed by atoms with Crippen LogP contribution in [0, 0.1) is 6.92 Å². The monoisotopic (exact) mass is 484 g/mol. The van der Waals surface area contributed by atoms with Crippen LogP contribution in [0.1, 0.15) is 50.6 Å². The summed E-state index contributed by atoms with van der Waals surface area (Å²) < 4.78 is 29.2. The van der Waals surface area contributed by atoms with Gasteiger partial charge in [-0.15, -0.1) is 0 Å². The molecule has 0 saturated heterocycles. The van der Waals surface area contributed by atoms with Crippen molar-refractivity contribution in [3.63, 3.8) is 0 Å². The predicted molar refractivity (Wildman–Crippen MR) is 136 cm³/mol. The molecule has 2 aromatic carbocycles. The van der Waals surface area contributed by atoms with E-state index in [0.717, 1.165) is 23.3 Å². The molecule has 1 aromatic heterocycles. The highest BCUT2D eigenvalue weighted by atomic mass is 32.2. The van der Waals surface area contributed by atoms with Crippen LogP contribution in [0.2, 0.25) is 0 Å². The first-order valence-electron chi connectivity index (χ1n) is 12.0.